The number of alkyl halides is 2. The lowest BCUT2D eigenvalue weighted by Crippen LogP contribution is -2.32. The molecule has 2 rings (SSSR count). The van der Waals surface area contributed by atoms with Crippen LogP contribution in [-0.4, -0.2) is 38.5 Å². The summed E-state index contributed by atoms with van der Waals surface area (Å²) in [7, 11) is -1.98. The van der Waals surface area contributed by atoms with Gasteiger partial charge in [0.05, 0.1) is 5.75 Å². The van der Waals surface area contributed by atoms with Crippen molar-refractivity contribution in [2.45, 2.75) is 19.3 Å². The van der Waals surface area contributed by atoms with Gasteiger partial charge in [0.15, 0.2) is 0 Å². The second kappa shape index (κ2) is 6.58. The Morgan fingerprint density at radius 3 is 2.48 bits per heavy atom. The van der Waals surface area contributed by atoms with Crippen molar-refractivity contribution in [2.75, 3.05) is 19.3 Å². The fraction of sp³-hybridized carbons (Fsp3) is 0.571. The van der Waals surface area contributed by atoms with Gasteiger partial charge in [0.25, 0.3) is 0 Å². The third kappa shape index (κ3) is 4.63. The monoisotopic (exact) mass is 337 g/mol. The lowest BCUT2D eigenvalue weighted by atomic mass is 10.1. The van der Waals surface area contributed by atoms with Gasteiger partial charge in [-0.3, -0.25) is 0 Å². The number of rotatable bonds is 7. The maximum atomic E-state index is 12.4. The summed E-state index contributed by atoms with van der Waals surface area (Å²) in [6, 6.07) is 7.19. The first-order chi connectivity index (χ1) is 9.79. The molecule has 0 amide bonds. The normalized spacial score (nSPS) is 22.0. The SMILES string of the molecule is CN(CCc1ccc(Cl)cc1)S(=O)(=O)C[C@@H]1C[C@H]1C(F)F. The van der Waals surface area contributed by atoms with Gasteiger partial charge in [0, 0.05) is 24.5 Å². The molecular formula is C14H18ClF2NO2S. The number of benzene rings is 1. The standard InChI is InChI=1S/C14H18ClF2NO2S/c1-18(7-6-10-2-4-12(15)5-3-10)21(19,20)9-11-8-13(11)14(16)17/h2-5,11,13-14H,6-9H2,1H3/t11-,13+/m0/s1. The van der Waals surface area contributed by atoms with E-state index >= 15 is 0 Å². The molecule has 0 aliphatic heterocycles. The Bertz CT molecular complexity index is 577. The van der Waals surface area contributed by atoms with E-state index in [2.05, 4.69) is 0 Å². The van der Waals surface area contributed by atoms with E-state index in [0.717, 1.165) is 5.56 Å². The minimum Gasteiger partial charge on any atom is -0.212 e. The van der Waals surface area contributed by atoms with Gasteiger partial charge in [-0.25, -0.2) is 21.5 Å². The Labute approximate surface area is 129 Å². The van der Waals surface area contributed by atoms with Gasteiger partial charge in [-0.05, 0) is 36.5 Å². The Kier molecular flexibility index (Phi) is 5.22. The molecule has 118 valence electrons. The number of sulfonamides is 1. The molecular weight excluding hydrogens is 320 g/mol. The minimum atomic E-state index is -3.47. The van der Waals surface area contributed by atoms with Crippen LogP contribution in [0.4, 0.5) is 8.78 Å². The highest BCUT2D eigenvalue weighted by Gasteiger charge is 2.46. The Hall–Kier alpha value is -0.720. The van der Waals surface area contributed by atoms with E-state index in [1.54, 1.807) is 12.1 Å². The molecule has 1 aromatic rings. The van der Waals surface area contributed by atoms with Crippen LogP contribution in [0, 0.1) is 11.8 Å². The van der Waals surface area contributed by atoms with E-state index in [-0.39, 0.29) is 5.75 Å². The van der Waals surface area contributed by atoms with Crippen LogP contribution in [0.25, 0.3) is 0 Å². The zero-order chi connectivity index (χ0) is 15.6. The molecule has 1 fully saturated rings. The van der Waals surface area contributed by atoms with Gasteiger partial charge < -0.3 is 0 Å². The van der Waals surface area contributed by atoms with Crippen LogP contribution in [0.3, 0.4) is 0 Å². The van der Waals surface area contributed by atoms with Gasteiger partial charge in [-0.1, -0.05) is 23.7 Å². The molecule has 7 heteroatoms. The Morgan fingerprint density at radius 1 is 1.33 bits per heavy atom. The average Bonchev–Trinajstić information content (AvgIpc) is 3.16. The van der Waals surface area contributed by atoms with E-state index in [0.29, 0.717) is 24.4 Å². The fourth-order valence-corrected chi connectivity index (χ4v) is 3.92. The number of likely N-dealkylation sites (N-methyl/N-ethyl adjacent to an activating group) is 1. The Morgan fingerprint density at radius 2 is 1.95 bits per heavy atom. The highest BCUT2D eigenvalue weighted by Crippen LogP contribution is 2.44. The minimum absolute atomic E-state index is 0.181. The largest absolute Gasteiger partial charge is 0.241 e. The van der Waals surface area contributed by atoms with E-state index in [9.17, 15) is 17.2 Å². The molecule has 1 aliphatic rings. The molecule has 0 spiro atoms. The van der Waals surface area contributed by atoms with Gasteiger partial charge in [0.2, 0.25) is 16.4 Å². The predicted molar refractivity (Wildman–Crippen MR) is 79.2 cm³/mol. The highest BCUT2D eigenvalue weighted by atomic mass is 35.5. The molecule has 0 bridgehead atoms. The summed E-state index contributed by atoms with van der Waals surface area (Å²) in [5.74, 6) is -1.32. The highest BCUT2D eigenvalue weighted by molar-refractivity contribution is 7.89. The zero-order valence-corrected chi connectivity index (χ0v) is 13.2. The summed E-state index contributed by atoms with van der Waals surface area (Å²) in [6.07, 6.45) is -1.54. The second-order valence-electron chi connectivity index (χ2n) is 5.47. The summed E-state index contributed by atoms with van der Waals surface area (Å²) < 4.78 is 50.3. The molecule has 0 N–H and O–H groups in total. The summed E-state index contributed by atoms with van der Waals surface area (Å²) >= 11 is 5.78. The topological polar surface area (TPSA) is 37.4 Å². The molecule has 0 saturated heterocycles. The van der Waals surface area contributed by atoms with Crippen molar-refractivity contribution in [1.82, 2.24) is 4.31 Å². The molecule has 3 nitrogen and oxygen atoms in total. The summed E-state index contributed by atoms with van der Waals surface area (Å²) in [5.41, 5.74) is 0.985. The van der Waals surface area contributed by atoms with Crippen molar-refractivity contribution in [1.29, 1.82) is 0 Å². The quantitative estimate of drug-likeness (QED) is 0.767. The van der Waals surface area contributed by atoms with Crippen molar-refractivity contribution in [2.24, 2.45) is 11.8 Å². The predicted octanol–water partition coefficient (Wildman–Crippen LogP) is 3.05. The summed E-state index contributed by atoms with van der Waals surface area (Å²) in [4.78, 5) is 0. The Balaban J connectivity index is 1.84. The molecule has 1 aromatic carbocycles. The zero-order valence-electron chi connectivity index (χ0n) is 11.7. The van der Waals surface area contributed by atoms with Crippen LogP contribution < -0.4 is 0 Å². The lowest BCUT2D eigenvalue weighted by Gasteiger charge is -2.17. The number of hydrogen-bond donors (Lipinski definition) is 0. The molecule has 2 atom stereocenters. The smallest absolute Gasteiger partial charge is 0.212 e. The van der Waals surface area contributed by atoms with Crippen molar-refractivity contribution in [3.63, 3.8) is 0 Å². The lowest BCUT2D eigenvalue weighted by molar-refractivity contribution is 0.117. The first-order valence-corrected chi connectivity index (χ1v) is 8.75. The maximum absolute atomic E-state index is 12.4. The van der Waals surface area contributed by atoms with Crippen LogP contribution >= 0.6 is 11.6 Å². The summed E-state index contributed by atoms with van der Waals surface area (Å²) in [6.45, 7) is 0.329. The van der Waals surface area contributed by atoms with Crippen molar-refractivity contribution in [3.8, 4) is 0 Å². The third-order valence-corrected chi connectivity index (χ3v) is 6.06. The first kappa shape index (κ1) is 16.6. The number of halogens is 3. The molecule has 0 aromatic heterocycles. The van der Waals surface area contributed by atoms with E-state index in [4.69, 9.17) is 11.6 Å². The molecule has 1 saturated carbocycles. The van der Waals surface area contributed by atoms with Crippen molar-refractivity contribution >= 4 is 21.6 Å². The van der Waals surface area contributed by atoms with Gasteiger partial charge in [-0.15, -0.1) is 0 Å². The molecule has 0 radical (unpaired) electrons. The van der Waals surface area contributed by atoms with Gasteiger partial charge in [0.1, 0.15) is 0 Å². The fourth-order valence-electron chi connectivity index (χ4n) is 2.25. The average molecular weight is 338 g/mol. The van der Waals surface area contributed by atoms with Crippen molar-refractivity contribution in [3.05, 3.63) is 34.9 Å². The molecule has 0 unspecified atom stereocenters. The maximum Gasteiger partial charge on any atom is 0.241 e. The molecule has 21 heavy (non-hydrogen) atoms. The van der Waals surface area contributed by atoms with Crippen molar-refractivity contribution < 1.29 is 17.2 Å². The second-order valence-corrected chi connectivity index (χ2v) is 8.03. The van der Waals surface area contributed by atoms with E-state index in [1.807, 2.05) is 12.1 Å². The van der Waals surface area contributed by atoms with Crippen LogP contribution in [0.2, 0.25) is 5.02 Å². The van der Waals surface area contributed by atoms with Crippen LogP contribution in [0.1, 0.15) is 12.0 Å². The van der Waals surface area contributed by atoms with Gasteiger partial charge in [-0.2, -0.15) is 0 Å². The first-order valence-electron chi connectivity index (χ1n) is 6.76. The van der Waals surface area contributed by atoms with Crippen LogP contribution in [0.15, 0.2) is 24.3 Å². The van der Waals surface area contributed by atoms with Crippen LogP contribution in [0.5, 0.6) is 0 Å². The number of hydrogen-bond acceptors (Lipinski definition) is 2. The molecule has 0 heterocycles. The third-order valence-electron chi connectivity index (χ3n) is 3.83. The van der Waals surface area contributed by atoms with E-state index < -0.39 is 28.3 Å². The van der Waals surface area contributed by atoms with Gasteiger partial charge >= 0.3 is 0 Å². The summed E-state index contributed by atoms with van der Waals surface area (Å²) in [5, 5.41) is 0.631. The molecule has 1 aliphatic carbocycles. The van der Waals surface area contributed by atoms with Crippen LogP contribution in [-0.2, 0) is 16.4 Å². The van der Waals surface area contributed by atoms with E-state index in [1.165, 1.54) is 11.4 Å². The number of nitrogens with zero attached hydrogens (tertiary/aromatic N) is 1.